The van der Waals surface area contributed by atoms with Gasteiger partial charge in [-0.15, -0.1) is 0 Å². The second-order valence-electron chi connectivity index (χ2n) is 7.73. The summed E-state index contributed by atoms with van der Waals surface area (Å²) >= 11 is 0. The highest BCUT2D eigenvalue weighted by Crippen LogP contribution is 2.22. The van der Waals surface area contributed by atoms with Crippen LogP contribution < -0.4 is 20.5 Å². The molecule has 162 valence electrons. The van der Waals surface area contributed by atoms with Crippen LogP contribution in [0.25, 0.3) is 0 Å². The predicted molar refractivity (Wildman–Crippen MR) is 115 cm³/mol. The fraction of sp³-hybridized carbons (Fsp3) is 0.500. The van der Waals surface area contributed by atoms with Gasteiger partial charge >= 0.3 is 0 Å². The van der Waals surface area contributed by atoms with Crippen LogP contribution >= 0.6 is 0 Å². The first-order valence-corrected chi connectivity index (χ1v) is 10.3. The number of aromatic nitrogens is 2. The van der Waals surface area contributed by atoms with Crippen LogP contribution in [0.15, 0.2) is 41.3 Å². The lowest BCUT2D eigenvalue weighted by Gasteiger charge is -2.18. The normalized spacial score (nSPS) is 16.1. The van der Waals surface area contributed by atoms with Gasteiger partial charge in [-0.05, 0) is 38.0 Å². The molecule has 1 fully saturated rings. The van der Waals surface area contributed by atoms with Crippen LogP contribution in [-0.2, 0) is 22.6 Å². The first-order chi connectivity index (χ1) is 14.5. The van der Waals surface area contributed by atoms with Crippen molar-refractivity contribution in [3.05, 3.63) is 52.4 Å². The molecule has 1 aromatic heterocycles. The van der Waals surface area contributed by atoms with E-state index in [4.69, 9.17) is 9.47 Å². The maximum absolute atomic E-state index is 12.6. The zero-order chi connectivity index (χ0) is 21.5. The average Bonchev–Trinajstić information content (AvgIpc) is 3.22. The smallest absolute Gasteiger partial charge is 0.268 e. The van der Waals surface area contributed by atoms with Crippen molar-refractivity contribution in [2.24, 2.45) is 5.92 Å². The molecular formula is C22H30N4O4. The zero-order valence-electron chi connectivity index (χ0n) is 17.8. The van der Waals surface area contributed by atoms with E-state index in [2.05, 4.69) is 10.4 Å². The molecule has 0 aliphatic carbocycles. The number of carbonyl (C=O) groups excluding carboxylic acids is 1. The van der Waals surface area contributed by atoms with Crippen LogP contribution in [0.4, 0.5) is 5.69 Å². The highest BCUT2D eigenvalue weighted by Gasteiger charge is 2.28. The van der Waals surface area contributed by atoms with Crippen LogP contribution in [0.3, 0.4) is 0 Å². The second kappa shape index (κ2) is 10.2. The van der Waals surface area contributed by atoms with E-state index < -0.39 is 0 Å². The van der Waals surface area contributed by atoms with Crippen LogP contribution in [0, 0.1) is 5.92 Å². The van der Waals surface area contributed by atoms with Crippen molar-refractivity contribution in [3.63, 3.8) is 0 Å². The van der Waals surface area contributed by atoms with Gasteiger partial charge in [0.25, 0.3) is 5.56 Å². The fourth-order valence-corrected chi connectivity index (χ4v) is 3.44. The van der Waals surface area contributed by atoms with Crippen molar-refractivity contribution < 1.29 is 14.3 Å². The van der Waals surface area contributed by atoms with Crippen molar-refractivity contribution in [2.45, 2.75) is 39.5 Å². The van der Waals surface area contributed by atoms with Crippen LogP contribution in [0.1, 0.15) is 25.8 Å². The molecule has 2 heterocycles. The summed E-state index contributed by atoms with van der Waals surface area (Å²) in [5.41, 5.74) is 1.62. The number of hydrogen-bond donors (Lipinski definition) is 1. The van der Waals surface area contributed by atoms with Crippen molar-refractivity contribution in [2.75, 3.05) is 31.7 Å². The molecular weight excluding hydrogens is 384 g/mol. The van der Waals surface area contributed by atoms with E-state index in [0.29, 0.717) is 26.2 Å². The monoisotopic (exact) mass is 414 g/mol. The van der Waals surface area contributed by atoms with Crippen molar-refractivity contribution >= 4 is 11.6 Å². The molecule has 0 saturated carbocycles. The minimum absolute atomic E-state index is 0.0291. The molecule has 0 bridgehead atoms. The fourth-order valence-electron chi connectivity index (χ4n) is 3.44. The highest BCUT2D eigenvalue weighted by molar-refractivity contribution is 5.80. The molecule has 1 amide bonds. The SMILES string of the molecule is COCCn1ncc(N2CCC(C(=O)NCc3ccc(OC(C)C)cc3)C2)cc1=O. The Hall–Kier alpha value is -2.87. The molecule has 1 unspecified atom stereocenters. The van der Waals surface area contributed by atoms with E-state index in [1.807, 2.05) is 43.0 Å². The molecule has 30 heavy (non-hydrogen) atoms. The topological polar surface area (TPSA) is 85.7 Å². The van der Waals surface area contributed by atoms with Crippen molar-refractivity contribution in [1.82, 2.24) is 15.1 Å². The molecule has 1 N–H and O–H groups in total. The molecule has 1 atom stereocenters. The zero-order valence-corrected chi connectivity index (χ0v) is 17.8. The van der Waals surface area contributed by atoms with Gasteiger partial charge in [0.15, 0.2) is 0 Å². The Kier molecular flexibility index (Phi) is 7.46. The largest absolute Gasteiger partial charge is 0.491 e. The highest BCUT2D eigenvalue weighted by atomic mass is 16.5. The summed E-state index contributed by atoms with van der Waals surface area (Å²) in [5.74, 6) is 0.745. The van der Waals surface area contributed by atoms with Crippen molar-refractivity contribution in [3.8, 4) is 5.75 Å². The molecule has 0 spiro atoms. The van der Waals surface area contributed by atoms with Gasteiger partial charge in [0.2, 0.25) is 5.91 Å². The number of amides is 1. The molecule has 8 heteroatoms. The molecule has 2 aromatic rings. The number of carbonyl (C=O) groups is 1. The van der Waals surface area contributed by atoms with Gasteiger partial charge in [0.05, 0.1) is 37.1 Å². The Labute approximate surface area is 176 Å². The van der Waals surface area contributed by atoms with Gasteiger partial charge in [-0.2, -0.15) is 5.10 Å². The first-order valence-electron chi connectivity index (χ1n) is 10.3. The molecule has 3 rings (SSSR count). The Bertz CT molecular complexity index is 895. The van der Waals surface area contributed by atoms with E-state index in [-0.39, 0.29) is 23.5 Å². The number of nitrogens with zero attached hydrogens (tertiary/aromatic N) is 3. The van der Waals surface area contributed by atoms with Crippen LogP contribution in [0.5, 0.6) is 5.75 Å². The average molecular weight is 415 g/mol. The number of benzene rings is 1. The van der Waals surface area contributed by atoms with E-state index in [0.717, 1.165) is 30.0 Å². The lowest BCUT2D eigenvalue weighted by Crippen LogP contribution is -2.33. The van der Waals surface area contributed by atoms with Crippen molar-refractivity contribution in [1.29, 1.82) is 0 Å². The summed E-state index contributed by atoms with van der Waals surface area (Å²) < 4.78 is 12.0. The quantitative estimate of drug-likeness (QED) is 0.674. The lowest BCUT2D eigenvalue weighted by molar-refractivity contribution is -0.124. The summed E-state index contributed by atoms with van der Waals surface area (Å²) in [6.07, 6.45) is 2.56. The number of methoxy groups -OCH3 is 1. The summed E-state index contributed by atoms with van der Waals surface area (Å²) in [4.78, 5) is 26.8. The molecule has 8 nitrogen and oxygen atoms in total. The summed E-state index contributed by atoms with van der Waals surface area (Å²) in [7, 11) is 1.59. The number of ether oxygens (including phenoxy) is 2. The molecule has 1 aliphatic heterocycles. The predicted octanol–water partition coefficient (Wildman–Crippen LogP) is 1.82. The second-order valence-corrected chi connectivity index (χ2v) is 7.73. The number of anilines is 1. The molecule has 0 radical (unpaired) electrons. The minimum Gasteiger partial charge on any atom is -0.491 e. The summed E-state index contributed by atoms with van der Waals surface area (Å²) in [6, 6.07) is 9.33. The van der Waals surface area contributed by atoms with Gasteiger partial charge in [-0.3, -0.25) is 9.59 Å². The lowest BCUT2D eigenvalue weighted by atomic mass is 10.1. The van der Waals surface area contributed by atoms with Gasteiger partial charge < -0.3 is 19.7 Å². The standard InChI is InChI=1S/C22H30N4O4/c1-16(2)30-20-6-4-17(5-7-20)13-23-22(28)18-8-9-25(15-18)19-12-21(27)26(24-14-19)10-11-29-3/h4-7,12,14,16,18H,8-11,13,15H2,1-3H3,(H,23,28). The third-order valence-electron chi connectivity index (χ3n) is 5.05. The van der Waals surface area contributed by atoms with Gasteiger partial charge in [-0.25, -0.2) is 4.68 Å². The number of hydrogen-bond acceptors (Lipinski definition) is 6. The maximum Gasteiger partial charge on any atom is 0.268 e. The van der Waals surface area contributed by atoms with Gasteiger partial charge in [0.1, 0.15) is 5.75 Å². The van der Waals surface area contributed by atoms with E-state index >= 15 is 0 Å². The third-order valence-corrected chi connectivity index (χ3v) is 5.05. The van der Waals surface area contributed by atoms with E-state index in [1.54, 1.807) is 19.4 Å². The number of nitrogens with one attached hydrogen (secondary N) is 1. The number of rotatable bonds is 9. The van der Waals surface area contributed by atoms with Crippen LogP contribution in [-0.4, -0.2) is 48.6 Å². The molecule has 1 aromatic carbocycles. The minimum atomic E-state index is -0.164. The van der Waals surface area contributed by atoms with E-state index in [9.17, 15) is 9.59 Å². The van der Waals surface area contributed by atoms with Crippen LogP contribution in [0.2, 0.25) is 0 Å². The Morgan fingerprint density at radius 2 is 2.07 bits per heavy atom. The molecule has 1 aliphatic rings. The van der Waals surface area contributed by atoms with Gasteiger partial charge in [-0.1, -0.05) is 12.1 Å². The Morgan fingerprint density at radius 1 is 1.30 bits per heavy atom. The van der Waals surface area contributed by atoms with Gasteiger partial charge in [0, 0.05) is 32.8 Å². The van der Waals surface area contributed by atoms with E-state index in [1.165, 1.54) is 4.68 Å². The third kappa shape index (κ3) is 5.82. The summed E-state index contributed by atoms with van der Waals surface area (Å²) in [5, 5.41) is 7.22. The Balaban J connectivity index is 1.50. The first kappa shape index (κ1) is 21.8. The summed E-state index contributed by atoms with van der Waals surface area (Å²) in [6.45, 7) is 6.62. The maximum atomic E-state index is 12.6. The Morgan fingerprint density at radius 3 is 2.73 bits per heavy atom. The molecule has 1 saturated heterocycles.